The summed E-state index contributed by atoms with van der Waals surface area (Å²) in [7, 11) is 1.47. The van der Waals surface area contributed by atoms with Crippen LogP contribution in [0.4, 0.5) is 0 Å². The summed E-state index contributed by atoms with van der Waals surface area (Å²) in [5, 5.41) is 1.33. The minimum Gasteiger partial charge on any atom is -0.469 e. The largest absolute Gasteiger partial charge is 0.469 e. The lowest BCUT2D eigenvalue weighted by Crippen LogP contribution is -2.51. The van der Waals surface area contributed by atoms with E-state index in [0.717, 1.165) is 43.6 Å². The number of para-hydroxylation sites is 1. The zero-order chi connectivity index (χ0) is 18.3. The number of fused-ring (bicyclic) bond motifs is 5. The van der Waals surface area contributed by atoms with E-state index in [2.05, 4.69) is 41.1 Å². The van der Waals surface area contributed by atoms with Crippen molar-refractivity contribution in [3.63, 3.8) is 0 Å². The van der Waals surface area contributed by atoms with Crippen LogP contribution in [0.15, 0.2) is 24.3 Å². The van der Waals surface area contributed by atoms with Gasteiger partial charge in [-0.2, -0.15) is 0 Å². The van der Waals surface area contributed by atoms with Gasteiger partial charge in [0.25, 0.3) is 0 Å². The molecule has 0 bridgehead atoms. The molecule has 2 aliphatic rings. The van der Waals surface area contributed by atoms with Crippen LogP contribution in [0.1, 0.15) is 56.3 Å². The number of hydrogen-bond acceptors (Lipinski definition) is 3. The topological polar surface area (TPSA) is 45.3 Å². The van der Waals surface area contributed by atoms with Gasteiger partial charge < -0.3 is 14.6 Å². The molecule has 138 valence electrons. The molecular weight excluding hydrogens is 344 g/mol. The number of rotatable bonds is 4. The van der Waals surface area contributed by atoms with Gasteiger partial charge in [-0.3, -0.25) is 4.79 Å². The van der Waals surface area contributed by atoms with E-state index in [1.165, 1.54) is 29.3 Å². The van der Waals surface area contributed by atoms with Gasteiger partial charge in [0.15, 0.2) is 0 Å². The van der Waals surface area contributed by atoms with Crippen molar-refractivity contribution in [1.29, 1.82) is 0 Å². The van der Waals surface area contributed by atoms with Gasteiger partial charge in [-0.05, 0) is 49.1 Å². The van der Waals surface area contributed by atoms with Crippen molar-refractivity contribution in [3.05, 3.63) is 35.5 Å². The summed E-state index contributed by atoms with van der Waals surface area (Å²) in [5.41, 5.74) is 3.99. The number of H-pyrrole nitrogens is 1. The van der Waals surface area contributed by atoms with Crippen LogP contribution in [0.2, 0.25) is 0 Å². The highest BCUT2D eigenvalue weighted by molar-refractivity contribution is 7.80. The van der Waals surface area contributed by atoms with E-state index < -0.39 is 0 Å². The van der Waals surface area contributed by atoms with Gasteiger partial charge >= 0.3 is 5.97 Å². The first kappa shape index (κ1) is 17.5. The van der Waals surface area contributed by atoms with Crippen LogP contribution in [0.25, 0.3) is 10.9 Å². The Morgan fingerprint density at radius 3 is 2.96 bits per heavy atom. The van der Waals surface area contributed by atoms with Crippen molar-refractivity contribution in [3.8, 4) is 0 Å². The Morgan fingerprint density at radius 2 is 2.19 bits per heavy atom. The quantitative estimate of drug-likeness (QED) is 0.634. The Balaban J connectivity index is 1.81. The summed E-state index contributed by atoms with van der Waals surface area (Å²) in [5.74, 6) is -0.120. The third-order valence-electron chi connectivity index (χ3n) is 6.53. The van der Waals surface area contributed by atoms with E-state index in [1.807, 2.05) is 0 Å². The van der Waals surface area contributed by atoms with E-state index in [-0.39, 0.29) is 17.4 Å². The van der Waals surface area contributed by atoms with Gasteiger partial charge in [0, 0.05) is 29.6 Å². The van der Waals surface area contributed by atoms with Gasteiger partial charge in [-0.1, -0.05) is 37.3 Å². The average molecular weight is 371 g/mol. The summed E-state index contributed by atoms with van der Waals surface area (Å²) in [6.07, 6.45) is 5.34. The fraction of sp³-hybridized carbons (Fsp3) is 0.524. The minimum absolute atomic E-state index is 0.0482. The SMILES string of the molecule is CC[C@@]1(CCC(=O)OC)CCC(=S)N2CCc3c([nH]c4ccccc34)[C@@H]21. The van der Waals surface area contributed by atoms with Crippen molar-refractivity contribution >= 4 is 34.1 Å². The van der Waals surface area contributed by atoms with Crippen molar-refractivity contribution in [2.45, 2.75) is 51.5 Å². The highest BCUT2D eigenvalue weighted by Gasteiger charge is 2.48. The second-order valence-corrected chi connectivity index (χ2v) is 8.07. The molecule has 1 N–H and O–H groups in total. The van der Waals surface area contributed by atoms with Crippen LogP contribution in [-0.2, 0) is 16.0 Å². The highest BCUT2D eigenvalue weighted by atomic mass is 32.1. The fourth-order valence-corrected chi connectivity index (χ4v) is 5.34. The molecule has 5 heteroatoms. The number of aromatic amines is 1. The number of ether oxygens (including phenoxy) is 1. The van der Waals surface area contributed by atoms with Crippen molar-refractivity contribution in [1.82, 2.24) is 9.88 Å². The molecule has 1 aromatic carbocycles. The standard InChI is InChI=1S/C21H26N2O2S/c1-3-21(12-9-18(24)25-2)11-8-17(26)23-13-10-15-14-6-4-5-7-16(14)22-19(15)20(21)23/h4-7,20,22H,3,8-13H2,1-2H3/t20-,21+/m1/s1. The zero-order valence-corrected chi connectivity index (χ0v) is 16.3. The number of carbonyl (C=O) groups excluding carboxylic acids is 1. The molecule has 0 amide bonds. The number of piperidine rings is 1. The number of nitrogens with zero attached hydrogens (tertiary/aromatic N) is 1. The summed E-state index contributed by atoms with van der Waals surface area (Å²) in [4.78, 5) is 19.1. The Kier molecular flexibility index (Phi) is 4.51. The molecule has 4 rings (SSSR count). The van der Waals surface area contributed by atoms with Gasteiger partial charge in [-0.25, -0.2) is 0 Å². The lowest BCUT2D eigenvalue weighted by atomic mass is 9.65. The molecule has 1 saturated heterocycles. The summed E-state index contributed by atoms with van der Waals surface area (Å²) < 4.78 is 4.92. The normalized spacial score (nSPS) is 25.1. The maximum Gasteiger partial charge on any atom is 0.305 e. The number of aromatic nitrogens is 1. The first-order valence-electron chi connectivity index (χ1n) is 9.55. The van der Waals surface area contributed by atoms with Gasteiger partial charge in [0.1, 0.15) is 0 Å². The first-order valence-corrected chi connectivity index (χ1v) is 9.96. The Labute approximate surface area is 159 Å². The number of thiocarbonyl (C=S) groups is 1. The lowest BCUT2D eigenvalue weighted by Gasteiger charge is -2.53. The van der Waals surface area contributed by atoms with E-state index in [4.69, 9.17) is 17.0 Å². The number of nitrogens with one attached hydrogen (secondary N) is 1. The smallest absolute Gasteiger partial charge is 0.305 e. The summed E-state index contributed by atoms with van der Waals surface area (Å²) >= 11 is 5.74. The predicted octanol–water partition coefficient (Wildman–Crippen LogP) is 4.54. The molecule has 0 aliphatic carbocycles. The summed E-state index contributed by atoms with van der Waals surface area (Å²) in [6.45, 7) is 3.22. The van der Waals surface area contributed by atoms with Gasteiger partial charge in [-0.15, -0.1) is 0 Å². The second-order valence-electron chi connectivity index (χ2n) is 7.59. The first-order chi connectivity index (χ1) is 12.6. The Bertz CT molecular complexity index is 859. The van der Waals surface area contributed by atoms with Crippen LogP contribution in [0.5, 0.6) is 0 Å². The number of esters is 1. The van der Waals surface area contributed by atoms with Crippen molar-refractivity contribution < 1.29 is 9.53 Å². The monoisotopic (exact) mass is 370 g/mol. The van der Waals surface area contributed by atoms with Crippen LogP contribution in [-0.4, -0.2) is 34.5 Å². The van der Waals surface area contributed by atoms with E-state index >= 15 is 0 Å². The number of hydrogen-bond donors (Lipinski definition) is 1. The molecule has 26 heavy (non-hydrogen) atoms. The van der Waals surface area contributed by atoms with Crippen LogP contribution < -0.4 is 0 Å². The van der Waals surface area contributed by atoms with Crippen LogP contribution >= 0.6 is 12.2 Å². The molecule has 0 spiro atoms. The fourth-order valence-electron chi connectivity index (χ4n) is 5.04. The summed E-state index contributed by atoms with van der Waals surface area (Å²) in [6, 6.07) is 8.79. The molecule has 2 atom stereocenters. The molecule has 1 aromatic heterocycles. The van der Waals surface area contributed by atoms with Crippen LogP contribution in [0, 0.1) is 5.41 Å². The Hall–Kier alpha value is -1.88. The zero-order valence-electron chi connectivity index (χ0n) is 15.5. The molecule has 3 heterocycles. The van der Waals surface area contributed by atoms with Crippen LogP contribution in [0.3, 0.4) is 0 Å². The third kappa shape index (κ3) is 2.64. The second kappa shape index (κ2) is 6.69. The maximum atomic E-state index is 11.9. The van der Waals surface area contributed by atoms with E-state index in [9.17, 15) is 4.79 Å². The van der Waals surface area contributed by atoms with Gasteiger partial charge in [0.05, 0.1) is 18.1 Å². The number of methoxy groups -OCH3 is 1. The molecule has 4 nitrogen and oxygen atoms in total. The number of benzene rings is 1. The molecular formula is C21H26N2O2S. The van der Waals surface area contributed by atoms with E-state index in [0.29, 0.717) is 6.42 Å². The van der Waals surface area contributed by atoms with Gasteiger partial charge in [0.2, 0.25) is 0 Å². The average Bonchev–Trinajstić information content (AvgIpc) is 3.06. The third-order valence-corrected chi connectivity index (χ3v) is 6.97. The predicted molar refractivity (Wildman–Crippen MR) is 107 cm³/mol. The molecule has 0 radical (unpaired) electrons. The minimum atomic E-state index is -0.120. The maximum absolute atomic E-state index is 11.9. The Morgan fingerprint density at radius 1 is 1.38 bits per heavy atom. The molecule has 1 fully saturated rings. The lowest BCUT2D eigenvalue weighted by molar-refractivity contribution is -0.141. The highest BCUT2D eigenvalue weighted by Crippen LogP contribution is 2.54. The molecule has 2 aromatic rings. The number of carbonyl (C=O) groups is 1. The van der Waals surface area contributed by atoms with Crippen molar-refractivity contribution in [2.75, 3.05) is 13.7 Å². The van der Waals surface area contributed by atoms with E-state index in [1.54, 1.807) is 0 Å². The molecule has 0 unspecified atom stereocenters. The molecule has 0 saturated carbocycles. The van der Waals surface area contributed by atoms with Crippen molar-refractivity contribution in [2.24, 2.45) is 5.41 Å². The molecule has 2 aliphatic heterocycles.